The molecule has 2 heterocycles. The van der Waals surface area contributed by atoms with E-state index in [-0.39, 0.29) is 11.3 Å². The Bertz CT molecular complexity index is 1110. The fraction of sp³-hybridized carbons (Fsp3) is 0.407. The first kappa shape index (κ1) is 25.2. The van der Waals surface area contributed by atoms with E-state index in [1.54, 1.807) is 47.4 Å². The van der Waals surface area contributed by atoms with Crippen LogP contribution in [0.25, 0.3) is 5.76 Å². The minimum atomic E-state index is -0.704. The molecule has 0 aromatic heterocycles. The molecule has 0 aliphatic carbocycles. The van der Waals surface area contributed by atoms with Crippen molar-refractivity contribution < 1.29 is 24.2 Å². The molecule has 8 heteroatoms. The average Bonchev–Trinajstić information content (AvgIpc) is 3.12. The lowest BCUT2D eigenvalue weighted by Gasteiger charge is -2.31. The van der Waals surface area contributed by atoms with Crippen LogP contribution in [0.5, 0.6) is 5.75 Å². The van der Waals surface area contributed by atoms with Gasteiger partial charge < -0.3 is 19.5 Å². The van der Waals surface area contributed by atoms with Crippen LogP contribution in [0.3, 0.4) is 0 Å². The molecule has 7 nitrogen and oxygen atoms in total. The Kier molecular flexibility index (Phi) is 8.11. The Morgan fingerprint density at radius 1 is 1.11 bits per heavy atom. The molecule has 1 unspecified atom stereocenters. The molecule has 186 valence electrons. The third kappa shape index (κ3) is 5.53. The molecule has 2 aromatic rings. The summed E-state index contributed by atoms with van der Waals surface area (Å²) in [4.78, 5) is 30.2. The lowest BCUT2D eigenvalue weighted by atomic mass is 9.95. The van der Waals surface area contributed by atoms with Gasteiger partial charge in [0.25, 0.3) is 11.7 Å². The lowest BCUT2D eigenvalue weighted by Crippen LogP contribution is -2.42. The van der Waals surface area contributed by atoms with Gasteiger partial charge in [0.2, 0.25) is 0 Å². The Hall–Kier alpha value is -2.87. The molecule has 2 aliphatic heterocycles. The van der Waals surface area contributed by atoms with E-state index in [0.717, 1.165) is 36.4 Å². The van der Waals surface area contributed by atoms with Crippen LogP contribution in [0.1, 0.15) is 36.1 Å². The Morgan fingerprint density at radius 2 is 1.83 bits per heavy atom. The second kappa shape index (κ2) is 11.2. The molecule has 35 heavy (non-hydrogen) atoms. The first-order valence-corrected chi connectivity index (χ1v) is 12.4. The van der Waals surface area contributed by atoms with Gasteiger partial charge in [0.05, 0.1) is 31.4 Å². The van der Waals surface area contributed by atoms with Crippen molar-refractivity contribution in [2.45, 2.75) is 26.3 Å². The largest absolute Gasteiger partial charge is 0.507 e. The highest BCUT2D eigenvalue weighted by atomic mass is 35.5. The number of halogens is 1. The predicted octanol–water partition coefficient (Wildman–Crippen LogP) is 4.19. The number of carbonyl (C=O) groups is 2. The fourth-order valence-electron chi connectivity index (χ4n) is 4.50. The van der Waals surface area contributed by atoms with Crippen LogP contribution in [0, 0.1) is 6.92 Å². The zero-order valence-electron chi connectivity index (χ0n) is 20.1. The van der Waals surface area contributed by atoms with Gasteiger partial charge in [-0.3, -0.25) is 14.5 Å². The first-order valence-electron chi connectivity index (χ1n) is 12.0. The minimum absolute atomic E-state index is 0.0842. The number of aliphatic hydroxyl groups excluding tert-OH is 1. The van der Waals surface area contributed by atoms with Crippen molar-refractivity contribution in [3.63, 3.8) is 0 Å². The molecule has 2 saturated heterocycles. The summed E-state index contributed by atoms with van der Waals surface area (Å²) in [6, 6.07) is 11.6. The number of aliphatic hydroxyl groups is 1. The number of nitrogens with zero attached hydrogens (tertiary/aromatic N) is 2. The van der Waals surface area contributed by atoms with E-state index in [4.69, 9.17) is 21.1 Å². The van der Waals surface area contributed by atoms with E-state index in [1.165, 1.54) is 0 Å². The Morgan fingerprint density at radius 3 is 2.49 bits per heavy atom. The summed E-state index contributed by atoms with van der Waals surface area (Å²) in [6.45, 7) is 8.34. The summed E-state index contributed by atoms with van der Waals surface area (Å²) in [5.41, 5.74) is 2.11. The molecule has 1 atom stereocenters. The molecule has 2 fully saturated rings. The van der Waals surface area contributed by atoms with E-state index in [2.05, 4.69) is 4.90 Å². The number of likely N-dealkylation sites (tertiary alicyclic amines) is 1. The number of rotatable bonds is 8. The Balaban J connectivity index is 1.71. The van der Waals surface area contributed by atoms with Gasteiger partial charge in [-0.15, -0.1) is 0 Å². The molecule has 1 N–H and O–H groups in total. The molecule has 2 aromatic carbocycles. The summed E-state index contributed by atoms with van der Waals surface area (Å²) >= 11 is 6.10. The van der Waals surface area contributed by atoms with Crippen molar-refractivity contribution in [3.05, 3.63) is 69.8 Å². The zero-order chi connectivity index (χ0) is 24.9. The number of ketones is 1. The highest BCUT2D eigenvalue weighted by Crippen LogP contribution is 2.40. The number of Topliss-reactive ketones (excluding diaryl/α,β-unsaturated/α-hetero) is 1. The summed E-state index contributed by atoms with van der Waals surface area (Å²) in [6.07, 6.45) is 0.885. The molecule has 0 radical (unpaired) electrons. The fourth-order valence-corrected chi connectivity index (χ4v) is 4.63. The number of hydrogen-bond acceptors (Lipinski definition) is 6. The van der Waals surface area contributed by atoms with Crippen molar-refractivity contribution in [1.29, 1.82) is 0 Å². The van der Waals surface area contributed by atoms with E-state index >= 15 is 0 Å². The standard InChI is InChI=1S/C27H31ClN2O5/c1-3-14-35-22-9-6-20(17-18(22)2)25(31)23-24(19-4-7-21(28)8-5-19)30(27(33)26(23)32)11-10-29-12-15-34-16-13-29/h4-9,17,24,31H,3,10-16H2,1-2H3. The number of benzene rings is 2. The zero-order valence-corrected chi connectivity index (χ0v) is 20.9. The molecular weight excluding hydrogens is 468 g/mol. The molecule has 4 rings (SSSR count). The van der Waals surface area contributed by atoms with Crippen LogP contribution in [0.2, 0.25) is 5.02 Å². The van der Waals surface area contributed by atoms with E-state index in [0.29, 0.717) is 43.5 Å². The predicted molar refractivity (Wildman–Crippen MR) is 135 cm³/mol. The number of aryl methyl sites for hydroxylation is 1. The van der Waals surface area contributed by atoms with Gasteiger partial charge in [0.15, 0.2) is 0 Å². The minimum Gasteiger partial charge on any atom is -0.507 e. The van der Waals surface area contributed by atoms with Gasteiger partial charge in [-0.1, -0.05) is 30.7 Å². The van der Waals surface area contributed by atoms with Crippen molar-refractivity contribution in [3.8, 4) is 5.75 Å². The van der Waals surface area contributed by atoms with E-state index < -0.39 is 17.7 Å². The van der Waals surface area contributed by atoms with Crippen LogP contribution in [0.15, 0.2) is 48.0 Å². The van der Waals surface area contributed by atoms with Crippen LogP contribution in [-0.4, -0.2) is 72.6 Å². The molecule has 2 aliphatic rings. The van der Waals surface area contributed by atoms with Gasteiger partial charge in [0, 0.05) is 36.8 Å². The summed E-state index contributed by atoms with van der Waals surface area (Å²) in [5, 5.41) is 11.9. The van der Waals surface area contributed by atoms with Crippen LogP contribution < -0.4 is 4.74 Å². The molecule has 0 spiro atoms. The highest BCUT2D eigenvalue weighted by Gasteiger charge is 2.46. The van der Waals surface area contributed by atoms with Crippen molar-refractivity contribution in [2.24, 2.45) is 0 Å². The van der Waals surface area contributed by atoms with Crippen LogP contribution >= 0.6 is 11.6 Å². The number of amides is 1. The SMILES string of the molecule is CCCOc1ccc(C(O)=C2C(=O)C(=O)N(CCN3CCOCC3)C2c2ccc(Cl)cc2)cc1C. The van der Waals surface area contributed by atoms with Crippen molar-refractivity contribution in [1.82, 2.24) is 9.80 Å². The quantitative estimate of drug-likeness (QED) is 0.334. The topological polar surface area (TPSA) is 79.3 Å². The van der Waals surface area contributed by atoms with Gasteiger partial charge in [0.1, 0.15) is 11.5 Å². The van der Waals surface area contributed by atoms with Crippen molar-refractivity contribution in [2.75, 3.05) is 46.0 Å². The highest BCUT2D eigenvalue weighted by molar-refractivity contribution is 6.46. The summed E-state index contributed by atoms with van der Waals surface area (Å²) in [5.74, 6) is -0.765. The molecule has 0 saturated carbocycles. The summed E-state index contributed by atoms with van der Waals surface area (Å²) in [7, 11) is 0. The van der Waals surface area contributed by atoms with E-state index in [1.807, 2.05) is 13.8 Å². The van der Waals surface area contributed by atoms with Gasteiger partial charge in [-0.05, 0) is 54.8 Å². The number of carbonyl (C=O) groups excluding carboxylic acids is 2. The second-order valence-electron chi connectivity index (χ2n) is 8.83. The third-order valence-corrected chi connectivity index (χ3v) is 6.65. The summed E-state index contributed by atoms with van der Waals surface area (Å²) < 4.78 is 11.1. The molecular formula is C27H31ClN2O5. The van der Waals surface area contributed by atoms with E-state index in [9.17, 15) is 14.7 Å². The maximum absolute atomic E-state index is 13.2. The Labute approximate surface area is 210 Å². The number of ether oxygens (including phenoxy) is 2. The normalized spacial score (nSPS) is 20.4. The smallest absolute Gasteiger partial charge is 0.295 e. The number of morpholine rings is 1. The monoisotopic (exact) mass is 498 g/mol. The molecule has 0 bridgehead atoms. The third-order valence-electron chi connectivity index (χ3n) is 6.40. The average molecular weight is 499 g/mol. The van der Waals surface area contributed by atoms with Gasteiger partial charge in [-0.2, -0.15) is 0 Å². The van der Waals surface area contributed by atoms with Crippen molar-refractivity contribution >= 4 is 29.1 Å². The maximum atomic E-state index is 13.2. The number of hydrogen-bond donors (Lipinski definition) is 1. The lowest BCUT2D eigenvalue weighted by molar-refractivity contribution is -0.140. The molecule has 1 amide bonds. The van der Waals surface area contributed by atoms with Gasteiger partial charge >= 0.3 is 0 Å². The van der Waals surface area contributed by atoms with Crippen LogP contribution in [-0.2, 0) is 14.3 Å². The first-order chi connectivity index (χ1) is 16.9. The van der Waals surface area contributed by atoms with Gasteiger partial charge in [-0.25, -0.2) is 0 Å². The second-order valence-corrected chi connectivity index (χ2v) is 9.26. The van der Waals surface area contributed by atoms with Crippen LogP contribution in [0.4, 0.5) is 0 Å². The maximum Gasteiger partial charge on any atom is 0.295 e.